The predicted octanol–water partition coefficient (Wildman–Crippen LogP) is 3.27. The van der Waals surface area contributed by atoms with Gasteiger partial charge in [0.2, 0.25) is 0 Å². The molecule has 3 rings (SSSR count). The van der Waals surface area contributed by atoms with E-state index >= 15 is 0 Å². The van der Waals surface area contributed by atoms with Crippen molar-refractivity contribution in [2.75, 3.05) is 7.11 Å². The van der Waals surface area contributed by atoms with Crippen LogP contribution in [0.5, 0.6) is 5.75 Å². The van der Waals surface area contributed by atoms with Crippen LogP contribution < -0.4 is 15.7 Å². The van der Waals surface area contributed by atoms with Crippen molar-refractivity contribution in [3.63, 3.8) is 0 Å². The van der Waals surface area contributed by atoms with Gasteiger partial charge in [0.05, 0.1) is 7.11 Å². The highest BCUT2D eigenvalue weighted by molar-refractivity contribution is 5.95. The molecule has 1 N–H and O–H groups in total. The smallest absolute Gasteiger partial charge is 0.349 e. The highest BCUT2D eigenvalue weighted by Gasteiger charge is 2.46. The molecule has 0 saturated heterocycles. The van der Waals surface area contributed by atoms with Crippen molar-refractivity contribution in [3.8, 4) is 5.75 Å². The minimum absolute atomic E-state index is 0.126. The van der Waals surface area contributed by atoms with Crippen molar-refractivity contribution < 1.29 is 22.7 Å². The van der Waals surface area contributed by atoms with E-state index in [2.05, 4.69) is 5.32 Å². The summed E-state index contributed by atoms with van der Waals surface area (Å²) in [5, 5.41) is 2.47. The lowest BCUT2D eigenvalue weighted by Gasteiger charge is -2.35. The first-order chi connectivity index (χ1) is 12.8. The molecule has 0 aliphatic heterocycles. The van der Waals surface area contributed by atoms with E-state index < -0.39 is 36.3 Å². The van der Waals surface area contributed by atoms with Crippen molar-refractivity contribution >= 4 is 5.91 Å². The topological polar surface area (TPSA) is 68.5 Å². The quantitative estimate of drug-likeness (QED) is 0.839. The fourth-order valence-corrected chi connectivity index (χ4v) is 3.15. The molecule has 1 saturated carbocycles. The van der Waals surface area contributed by atoms with Gasteiger partial charge in [-0.2, -0.15) is 0 Å². The second kappa shape index (κ2) is 7.50. The predicted molar refractivity (Wildman–Crippen MR) is 95.6 cm³/mol. The molecule has 5 nitrogen and oxygen atoms in total. The van der Waals surface area contributed by atoms with Gasteiger partial charge in [-0.05, 0) is 42.7 Å². The van der Waals surface area contributed by atoms with Gasteiger partial charge in [0.1, 0.15) is 17.1 Å². The summed E-state index contributed by atoms with van der Waals surface area (Å²) in [6.45, 7) is 1.64. The number of hydrogen-bond donors (Lipinski definition) is 1. The number of ether oxygens (including phenoxy) is 1. The van der Waals surface area contributed by atoms with Crippen LogP contribution in [0.15, 0.2) is 39.5 Å². The molecule has 144 valence electrons. The number of methoxy groups -OCH3 is 1. The van der Waals surface area contributed by atoms with Crippen LogP contribution in [-0.4, -0.2) is 25.0 Å². The Kier molecular flexibility index (Phi) is 5.30. The van der Waals surface area contributed by atoms with Crippen LogP contribution in [-0.2, 0) is 12.8 Å². The van der Waals surface area contributed by atoms with Gasteiger partial charge in [-0.25, -0.2) is 13.6 Å². The second-order valence-corrected chi connectivity index (χ2v) is 6.84. The van der Waals surface area contributed by atoms with Crippen LogP contribution in [0.4, 0.5) is 8.78 Å². The van der Waals surface area contributed by atoms with Gasteiger partial charge in [0.25, 0.3) is 11.8 Å². The molecule has 1 amide bonds. The lowest BCUT2D eigenvalue weighted by molar-refractivity contribution is -0.0901. The van der Waals surface area contributed by atoms with Crippen LogP contribution in [0.1, 0.15) is 40.1 Å². The minimum atomic E-state index is -2.73. The fourth-order valence-electron chi connectivity index (χ4n) is 3.15. The van der Waals surface area contributed by atoms with Crippen LogP contribution in [0.2, 0.25) is 0 Å². The van der Waals surface area contributed by atoms with Gasteiger partial charge in [-0.1, -0.05) is 12.1 Å². The van der Waals surface area contributed by atoms with Gasteiger partial charge in [0, 0.05) is 25.3 Å². The maximum atomic E-state index is 12.9. The minimum Gasteiger partial charge on any atom is -0.497 e. The maximum absolute atomic E-state index is 12.9. The summed E-state index contributed by atoms with van der Waals surface area (Å²) in [5.41, 5.74) is 0.658. The summed E-state index contributed by atoms with van der Waals surface area (Å²) in [6, 6.07) is 8.61. The van der Waals surface area contributed by atoms with Crippen LogP contribution in [0, 0.1) is 6.92 Å². The molecule has 0 atom stereocenters. The van der Waals surface area contributed by atoms with Crippen molar-refractivity contribution in [1.82, 2.24) is 5.32 Å². The van der Waals surface area contributed by atoms with E-state index in [0.29, 0.717) is 24.2 Å². The summed E-state index contributed by atoms with van der Waals surface area (Å²) in [6.07, 6.45) is 0.361. The molecule has 1 aromatic carbocycles. The van der Waals surface area contributed by atoms with E-state index in [9.17, 15) is 18.4 Å². The van der Waals surface area contributed by atoms with Crippen LogP contribution in [0.3, 0.4) is 0 Å². The molecule has 2 aromatic rings. The standard InChI is InChI=1S/C20H21F2NO4/c1-12-9-16(8-5-13-3-6-15(26-2)7-4-13)27-19(25)17(12)18(24)23-14-10-20(21,22)11-14/h3-4,6-7,9,14H,5,8,10-11H2,1-2H3,(H,23,24). The first kappa shape index (κ1) is 19.1. The van der Waals surface area contributed by atoms with Crippen LogP contribution >= 0.6 is 0 Å². The molecule has 7 heteroatoms. The molecule has 0 radical (unpaired) electrons. The number of hydrogen-bond acceptors (Lipinski definition) is 4. The van der Waals surface area contributed by atoms with Crippen molar-refractivity contribution in [2.24, 2.45) is 0 Å². The molecular formula is C20H21F2NO4. The highest BCUT2D eigenvalue weighted by Crippen LogP contribution is 2.37. The van der Waals surface area contributed by atoms with Gasteiger partial charge >= 0.3 is 5.63 Å². The lowest BCUT2D eigenvalue weighted by Crippen LogP contribution is -2.51. The molecule has 27 heavy (non-hydrogen) atoms. The number of benzene rings is 1. The second-order valence-electron chi connectivity index (χ2n) is 6.84. The number of amides is 1. The summed E-state index contributed by atoms with van der Waals surface area (Å²) in [4.78, 5) is 24.4. The third-order valence-corrected chi connectivity index (χ3v) is 4.67. The summed E-state index contributed by atoms with van der Waals surface area (Å²) >= 11 is 0. The largest absolute Gasteiger partial charge is 0.497 e. The van der Waals surface area contributed by atoms with Gasteiger partial charge < -0.3 is 14.5 Å². The van der Waals surface area contributed by atoms with E-state index in [4.69, 9.17) is 9.15 Å². The van der Waals surface area contributed by atoms with Crippen LogP contribution in [0.25, 0.3) is 0 Å². The Morgan fingerprint density at radius 2 is 1.93 bits per heavy atom. The monoisotopic (exact) mass is 377 g/mol. The molecule has 1 fully saturated rings. The number of aryl methyl sites for hydroxylation is 3. The van der Waals surface area contributed by atoms with Crippen molar-refractivity contribution in [3.05, 3.63) is 63.2 Å². The van der Waals surface area contributed by atoms with Gasteiger partial charge in [0.15, 0.2) is 0 Å². The molecule has 1 heterocycles. The highest BCUT2D eigenvalue weighted by atomic mass is 19.3. The first-order valence-electron chi connectivity index (χ1n) is 8.72. The number of halogens is 2. The fraction of sp³-hybridized carbons (Fsp3) is 0.400. The SMILES string of the molecule is COc1ccc(CCc2cc(C)c(C(=O)NC3CC(F)(F)C3)c(=O)o2)cc1. The molecule has 0 unspecified atom stereocenters. The number of carbonyl (C=O) groups excluding carboxylic acids is 1. The third-order valence-electron chi connectivity index (χ3n) is 4.67. The van der Waals surface area contributed by atoms with E-state index in [1.54, 1.807) is 20.1 Å². The number of alkyl halides is 2. The van der Waals surface area contributed by atoms with E-state index in [1.807, 2.05) is 24.3 Å². The Morgan fingerprint density at radius 3 is 2.48 bits per heavy atom. The van der Waals surface area contributed by atoms with E-state index in [-0.39, 0.29) is 5.56 Å². The Labute approximate surface area is 155 Å². The molecular weight excluding hydrogens is 356 g/mol. The average molecular weight is 377 g/mol. The lowest BCUT2D eigenvalue weighted by atomic mass is 9.88. The third kappa shape index (κ3) is 4.53. The Balaban J connectivity index is 1.65. The van der Waals surface area contributed by atoms with Gasteiger partial charge in [-0.3, -0.25) is 4.79 Å². The Morgan fingerprint density at radius 1 is 1.26 bits per heavy atom. The van der Waals surface area contributed by atoms with Gasteiger partial charge in [-0.15, -0.1) is 0 Å². The number of carbonyl (C=O) groups is 1. The summed E-state index contributed by atoms with van der Waals surface area (Å²) in [5.74, 6) is -2.16. The molecule has 0 spiro atoms. The normalized spacial score (nSPS) is 15.9. The molecule has 1 aliphatic rings. The van der Waals surface area contributed by atoms with Crippen molar-refractivity contribution in [2.45, 2.75) is 44.6 Å². The molecule has 0 bridgehead atoms. The first-order valence-corrected chi connectivity index (χ1v) is 8.72. The Bertz CT molecular complexity index is 882. The van der Waals surface area contributed by atoms with Crippen molar-refractivity contribution in [1.29, 1.82) is 0 Å². The zero-order valence-corrected chi connectivity index (χ0v) is 15.2. The molecule has 1 aromatic heterocycles. The summed E-state index contributed by atoms with van der Waals surface area (Å²) in [7, 11) is 1.60. The maximum Gasteiger partial charge on any atom is 0.349 e. The Hall–Kier alpha value is -2.70. The number of nitrogens with one attached hydrogen (secondary N) is 1. The number of rotatable bonds is 6. The summed E-state index contributed by atoms with van der Waals surface area (Å²) < 4.78 is 36.1. The zero-order valence-electron chi connectivity index (χ0n) is 15.2. The van der Waals surface area contributed by atoms with E-state index in [1.165, 1.54) is 0 Å². The average Bonchev–Trinajstić information content (AvgIpc) is 2.58. The van der Waals surface area contributed by atoms with E-state index in [0.717, 1.165) is 11.3 Å². The molecule has 1 aliphatic carbocycles. The zero-order chi connectivity index (χ0) is 19.6.